The first-order valence-electron chi connectivity index (χ1n) is 8.30. The Kier molecular flexibility index (Phi) is 5.30. The molecule has 1 unspecified atom stereocenters. The molecule has 0 aliphatic carbocycles. The Balaban J connectivity index is 1.44. The summed E-state index contributed by atoms with van der Waals surface area (Å²) in [5, 5.41) is 11.7. The zero-order valence-electron chi connectivity index (χ0n) is 13.1. The van der Waals surface area contributed by atoms with E-state index in [0.717, 1.165) is 38.4 Å². The molecule has 1 N–H and O–H groups in total. The van der Waals surface area contributed by atoms with Gasteiger partial charge in [-0.3, -0.25) is 0 Å². The highest BCUT2D eigenvalue weighted by atomic mass is 16.5. The summed E-state index contributed by atoms with van der Waals surface area (Å²) >= 11 is 0. The zero-order valence-corrected chi connectivity index (χ0v) is 13.1. The average molecular weight is 299 g/mol. The summed E-state index contributed by atoms with van der Waals surface area (Å²) in [5.41, 5.74) is 0. The van der Waals surface area contributed by atoms with E-state index in [1.54, 1.807) is 0 Å². The molecule has 1 heterocycles. The van der Waals surface area contributed by atoms with Crippen LogP contribution in [0, 0.1) is 5.92 Å². The summed E-state index contributed by atoms with van der Waals surface area (Å²) in [6.07, 6.45) is 3.41. The fourth-order valence-electron chi connectivity index (χ4n) is 3.24. The maximum absolute atomic E-state index is 9.26. The molecule has 0 bridgehead atoms. The van der Waals surface area contributed by atoms with E-state index >= 15 is 0 Å². The number of aliphatic hydroxyl groups is 1. The van der Waals surface area contributed by atoms with Crippen LogP contribution in [0.25, 0.3) is 10.8 Å². The molecule has 1 atom stereocenters. The Morgan fingerprint density at radius 3 is 2.86 bits per heavy atom. The molecule has 2 aromatic carbocycles. The summed E-state index contributed by atoms with van der Waals surface area (Å²) in [4.78, 5) is 2.45. The summed E-state index contributed by atoms with van der Waals surface area (Å²) in [6.45, 7) is 4.33. The van der Waals surface area contributed by atoms with Gasteiger partial charge in [-0.1, -0.05) is 30.3 Å². The summed E-state index contributed by atoms with van der Waals surface area (Å²) < 4.78 is 5.88. The average Bonchev–Trinajstić information content (AvgIpc) is 2.59. The van der Waals surface area contributed by atoms with Gasteiger partial charge in [-0.05, 0) is 54.6 Å². The maximum atomic E-state index is 9.26. The van der Waals surface area contributed by atoms with Gasteiger partial charge in [-0.2, -0.15) is 0 Å². The molecule has 2 aromatic rings. The van der Waals surface area contributed by atoms with Crippen LogP contribution in [-0.4, -0.2) is 42.9 Å². The second kappa shape index (κ2) is 7.61. The molecule has 0 spiro atoms. The highest BCUT2D eigenvalue weighted by Gasteiger charge is 2.18. The molecule has 0 saturated carbocycles. The fourth-order valence-corrected chi connectivity index (χ4v) is 3.24. The lowest BCUT2D eigenvalue weighted by Gasteiger charge is -2.31. The Bertz CT molecular complexity index is 599. The van der Waals surface area contributed by atoms with Crippen molar-refractivity contribution in [2.75, 3.05) is 32.8 Å². The highest BCUT2D eigenvalue weighted by Crippen LogP contribution is 2.21. The van der Waals surface area contributed by atoms with Gasteiger partial charge < -0.3 is 14.7 Å². The predicted molar refractivity (Wildman–Crippen MR) is 90.3 cm³/mol. The van der Waals surface area contributed by atoms with Crippen LogP contribution in [0.4, 0.5) is 0 Å². The van der Waals surface area contributed by atoms with Gasteiger partial charge in [0, 0.05) is 19.7 Å². The predicted octanol–water partition coefficient (Wildman–Crippen LogP) is 3.31. The standard InChI is InChI=1S/C19H25NO2/c21-15-16-5-3-10-20(14-16)11-4-12-22-19-9-8-17-6-1-2-7-18(17)13-19/h1-2,6-9,13,16,21H,3-5,10-12,14-15H2. The Labute approximate surface area is 132 Å². The highest BCUT2D eigenvalue weighted by molar-refractivity contribution is 5.83. The topological polar surface area (TPSA) is 32.7 Å². The van der Waals surface area contributed by atoms with Gasteiger partial charge in [0.25, 0.3) is 0 Å². The maximum Gasteiger partial charge on any atom is 0.119 e. The van der Waals surface area contributed by atoms with Crippen molar-refractivity contribution in [2.45, 2.75) is 19.3 Å². The lowest BCUT2D eigenvalue weighted by Crippen LogP contribution is -2.37. The molecule has 3 heteroatoms. The van der Waals surface area contributed by atoms with Crippen molar-refractivity contribution in [1.29, 1.82) is 0 Å². The van der Waals surface area contributed by atoms with E-state index in [-0.39, 0.29) is 0 Å². The largest absolute Gasteiger partial charge is 0.494 e. The van der Waals surface area contributed by atoms with E-state index in [2.05, 4.69) is 41.3 Å². The molecule has 0 amide bonds. The number of likely N-dealkylation sites (tertiary alicyclic amines) is 1. The van der Waals surface area contributed by atoms with Gasteiger partial charge in [0.15, 0.2) is 0 Å². The molecule has 118 valence electrons. The molecule has 22 heavy (non-hydrogen) atoms. The van der Waals surface area contributed by atoms with Crippen molar-refractivity contribution >= 4 is 10.8 Å². The van der Waals surface area contributed by atoms with Crippen LogP contribution >= 0.6 is 0 Å². The first-order chi connectivity index (χ1) is 10.8. The van der Waals surface area contributed by atoms with Crippen LogP contribution in [0.15, 0.2) is 42.5 Å². The molecule has 1 saturated heterocycles. The van der Waals surface area contributed by atoms with Crippen LogP contribution in [0.3, 0.4) is 0 Å². The fraction of sp³-hybridized carbons (Fsp3) is 0.474. The minimum atomic E-state index is 0.324. The SMILES string of the molecule is OCC1CCCN(CCCOc2ccc3ccccc3c2)C1. The van der Waals surface area contributed by atoms with Gasteiger partial charge in [0.05, 0.1) is 6.61 Å². The number of aliphatic hydroxyl groups excluding tert-OH is 1. The van der Waals surface area contributed by atoms with E-state index in [9.17, 15) is 5.11 Å². The van der Waals surface area contributed by atoms with E-state index in [0.29, 0.717) is 12.5 Å². The van der Waals surface area contributed by atoms with E-state index in [4.69, 9.17) is 4.74 Å². The van der Waals surface area contributed by atoms with Crippen LogP contribution < -0.4 is 4.74 Å². The van der Waals surface area contributed by atoms with Crippen LogP contribution in [0.1, 0.15) is 19.3 Å². The number of ether oxygens (including phenoxy) is 1. The zero-order chi connectivity index (χ0) is 15.2. The summed E-state index contributed by atoms with van der Waals surface area (Å²) in [5.74, 6) is 1.42. The molecule has 1 fully saturated rings. The van der Waals surface area contributed by atoms with Crippen molar-refractivity contribution in [3.05, 3.63) is 42.5 Å². The normalized spacial score (nSPS) is 19.4. The van der Waals surface area contributed by atoms with Crippen LogP contribution in [0.5, 0.6) is 5.75 Å². The second-order valence-electron chi connectivity index (χ2n) is 6.20. The van der Waals surface area contributed by atoms with E-state index in [1.165, 1.54) is 23.6 Å². The minimum absolute atomic E-state index is 0.324. The quantitative estimate of drug-likeness (QED) is 0.831. The molecule has 3 nitrogen and oxygen atoms in total. The lowest BCUT2D eigenvalue weighted by molar-refractivity contribution is 0.115. The lowest BCUT2D eigenvalue weighted by atomic mass is 9.99. The number of hydrogen-bond acceptors (Lipinski definition) is 3. The van der Waals surface area contributed by atoms with Crippen LogP contribution in [0.2, 0.25) is 0 Å². The van der Waals surface area contributed by atoms with Gasteiger partial charge >= 0.3 is 0 Å². The van der Waals surface area contributed by atoms with Gasteiger partial charge in [0.2, 0.25) is 0 Å². The van der Waals surface area contributed by atoms with Gasteiger partial charge in [0.1, 0.15) is 5.75 Å². The van der Waals surface area contributed by atoms with Crippen molar-refractivity contribution in [1.82, 2.24) is 4.90 Å². The number of piperidine rings is 1. The first kappa shape index (κ1) is 15.3. The molecule has 0 aromatic heterocycles. The number of fused-ring (bicyclic) bond motifs is 1. The number of rotatable bonds is 6. The Hall–Kier alpha value is -1.58. The molecule has 1 aliphatic rings. The molecular formula is C19H25NO2. The summed E-state index contributed by atoms with van der Waals surface area (Å²) in [7, 11) is 0. The van der Waals surface area contributed by atoms with Gasteiger partial charge in [-0.25, -0.2) is 0 Å². The number of nitrogens with zero attached hydrogens (tertiary/aromatic N) is 1. The Morgan fingerprint density at radius 2 is 2.00 bits per heavy atom. The van der Waals surface area contributed by atoms with E-state index < -0.39 is 0 Å². The summed E-state index contributed by atoms with van der Waals surface area (Å²) in [6, 6.07) is 14.6. The van der Waals surface area contributed by atoms with Gasteiger partial charge in [-0.15, -0.1) is 0 Å². The Morgan fingerprint density at radius 1 is 1.14 bits per heavy atom. The smallest absolute Gasteiger partial charge is 0.119 e. The first-order valence-corrected chi connectivity index (χ1v) is 8.30. The number of hydrogen-bond donors (Lipinski definition) is 1. The van der Waals surface area contributed by atoms with Crippen molar-refractivity contribution in [3.63, 3.8) is 0 Å². The van der Waals surface area contributed by atoms with Crippen LogP contribution in [-0.2, 0) is 0 Å². The number of benzene rings is 2. The monoisotopic (exact) mass is 299 g/mol. The minimum Gasteiger partial charge on any atom is -0.494 e. The molecule has 3 rings (SSSR count). The van der Waals surface area contributed by atoms with Crippen molar-refractivity contribution < 1.29 is 9.84 Å². The third-order valence-electron chi connectivity index (χ3n) is 4.47. The molecule has 1 aliphatic heterocycles. The third kappa shape index (κ3) is 3.99. The third-order valence-corrected chi connectivity index (χ3v) is 4.47. The van der Waals surface area contributed by atoms with Crippen molar-refractivity contribution in [2.24, 2.45) is 5.92 Å². The molecule has 0 radical (unpaired) electrons. The van der Waals surface area contributed by atoms with E-state index in [1.807, 2.05) is 6.07 Å². The molecular weight excluding hydrogens is 274 g/mol. The van der Waals surface area contributed by atoms with Crippen molar-refractivity contribution in [3.8, 4) is 5.75 Å². The second-order valence-corrected chi connectivity index (χ2v) is 6.20.